The molecule has 3 heterocycles. The fourth-order valence-corrected chi connectivity index (χ4v) is 4.75. The molecule has 5 nitrogen and oxygen atoms in total. The summed E-state index contributed by atoms with van der Waals surface area (Å²) < 4.78 is 7.87. The Hall–Kier alpha value is -3.28. The van der Waals surface area contributed by atoms with Crippen molar-refractivity contribution < 1.29 is 4.74 Å². The van der Waals surface area contributed by atoms with E-state index < -0.39 is 5.41 Å². The molecule has 1 N–H and O–H groups in total. The number of anilines is 1. The van der Waals surface area contributed by atoms with Crippen molar-refractivity contribution in [1.82, 2.24) is 9.55 Å². The zero-order valence-electron chi connectivity index (χ0n) is 22.1. The summed E-state index contributed by atoms with van der Waals surface area (Å²) in [5, 5.41) is 13.9. The van der Waals surface area contributed by atoms with E-state index in [4.69, 9.17) is 4.74 Å². The molecule has 0 aliphatic carbocycles. The number of nitrogens with zero attached hydrogens (tertiary/aromatic N) is 3. The summed E-state index contributed by atoms with van der Waals surface area (Å²) in [5.41, 5.74) is 4.81. The second-order valence-corrected chi connectivity index (χ2v) is 10.8. The van der Waals surface area contributed by atoms with E-state index in [1.54, 1.807) is 6.20 Å². The number of hydrogen-bond donors (Lipinski definition) is 1. The predicted molar refractivity (Wildman–Crippen MR) is 147 cm³/mol. The SMILES string of the molecule is CC(C)Cn1c(C#CCNc2ccc(C(C)(C)C#N)nc2)cc2cc(CCC3CCOCC3)ccc21. The highest BCUT2D eigenvalue weighted by molar-refractivity contribution is 5.83. The molecule has 0 saturated carbocycles. The van der Waals surface area contributed by atoms with Crippen LogP contribution in [0.4, 0.5) is 5.69 Å². The molecule has 3 aromatic rings. The molecule has 1 aromatic carbocycles. The van der Waals surface area contributed by atoms with Crippen LogP contribution in [-0.4, -0.2) is 29.3 Å². The molecule has 1 saturated heterocycles. The van der Waals surface area contributed by atoms with Crippen molar-refractivity contribution in [3.63, 3.8) is 0 Å². The quantitative estimate of drug-likeness (QED) is 0.382. The highest BCUT2D eigenvalue weighted by atomic mass is 16.5. The molecule has 4 rings (SSSR count). The average Bonchev–Trinajstić information content (AvgIpc) is 3.22. The number of nitriles is 1. The number of nitrogens with one attached hydrogen (secondary N) is 1. The molecule has 1 fully saturated rings. The van der Waals surface area contributed by atoms with E-state index in [2.05, 4.69) is 70.9 Å². The summed E-state index contributed by atoms with van der Waals surface area (Å²) >= 11 is 0. The Morgan fingerprint density at radius 2 is 1.97 bits per heavy atom. The highest BCUT2D eigenvalue weighted by Crippen LogP contribution is 2.26. The molecule has 0 amide bonds. The first-order chi connectivity index (χ1) is 17.4. The van der Waals surface area contributed by atoms with Crippen LogP contribution in [0.15, 0.2) is 42.6 Å². The summed E-state index contributed by atoms with van der Waals surface area (Å²) in [6.45, 7) is 11.6. The van der Waals surface area contributed by atoms with Gasteiger partial charge in [0, 0.05) is 30.7 Å². The van der Waals surface area contributed by atoms with Gasteiger partial charge >= 0.3 is 0 Å². The fraction of sp³-hybridized carbons (Fsp3) is 0.484. The van der Waals surface area contributed by atoms with Crippen LogP contribution in [0.2, 0.25) is 0 Å². The summed E-state index contributed by atoms with van der Waals surface area (Å²) in [6, 6.07) is 15.3. The molecule has 36 heavy (non-hydrogen) atoms. The van der Waals surface area contributed by atoms with E-state index in [-0.39, 0.29) is 0 Å². The Labute approximate surface area is 215 Å². The van der Waals surface area contributed by atoms with E-state index >= 15 is 0 Å². The van der Waals surface area contributed by atoms with Crippen LogP contribution in [0.1, 0.15) is 63.9 Å². The lowest BCUT2D eigenvalue weighted by Gasteiger charge is -2.21. The van der Waals surface area contributed by atoms with Crippen LogP contribution in [0.25, 0.3) is 10.9 Å². The summed E-state index contributed by atoms with van der Waals surface area (Å²) in [4.78, 5) is 4.44. The lowest BCUT2D eigenvalue weighted by molar-refractivity contribution is 0.0640. The Morgan fingerprint density at radius 3 is 2.67 bits per heavy atom. The van der Waals surface area contributed by atoms with Gasteiger partial charge in [0.2, 0.25) is 0 Å². The van der Waals surface area contributed by atoms with Crippen molar-refractivity contribution in [1.29, 1.82) is 5.26 Å². The maximum atomic E-state index is 9.29. The third kappa shape index (κ3) is 6.48. The van der Waals surface area contributed by atoms with Gasteiger partial charge in [0.05, 0.1) is 41.3 Å². The number of benzene rings is 1. The molecule has 1 aliphatic heterocycles. The normalized spacial score (nSPS) is 14.4. The molecule has 188 valence electrons. The number of ether oxygens (including phenoxy) is 1. The van der Waals surface area contributed by atoms with E-state index in [0.717, 1.165) is 49.2 Å². The van der Waals surface area contributed by atoms with Gasteiger partial charge < -0.3 is 14.6 Å². The maximum Gasteiger partial charge on any atom is 0.0937 e. The van der Waals surface area contributed by atoms with E-state index in [9.17, 15) is 5.26 Å². The van der Waals surface area contributed by atoms with Crippen molar-refractivity contribution in [2.45, 2.75) is 65.3 Å². The van der Waals surface area contributed by atoms with Crippen LogP contribution in [0.5, 0.6) is 0 Å². The monoisotopic (exact) mass is 482 g/mol. The highest BCUT2D eigenvalue weighted by Gasteiger charge is 2.21. The third-order valence-electron chi connectivity index (χ3n) is 6.98. The minimum atomic E-state index is -0.590. The van der Waals surface area contributed by atoms with Crippen LogP contribution in [0.3, 0.4) is 0 Å². The average molecular weight is 483 g/mol. The molecule has 2 aromatic heterocycles. The van der Waals surface area contributed by atoms with Gasteiger partial charge in [-0.15, -0.1) is 0 Å². The Morgan fingerprint density at radius 1 is 1.17 bits per heavy atom. The van der Waals surface area contributed by atoms with E-state index in [1.807, 2.05) is 26.0 Å². The minimum Gasteiger partial charge on any atom is -0.381 e. The second kappa shape index (κ2) is 11.6. The number of fused-ring (bicyclic) bond motifs is 1. The van der Waals surface area contributed by atoms with Crippen LogP contribution in [-0.2, 0) is 23.1 Å². The van der Waals surface area contributed by atoms with Crippen LogP contribution < -0.4 is 5.32 Å². The summed E-state index contributed by atoms with van der Waals surface area (Å²) in [6.07, 6.45) is 6.52. The third-order valence-corrected chi connectivity index (χ3v) is 6.98. The number of rotatable bonds is 8. The molecular formula is C31H38N4O. The van der Waals surface area contributed by atoms with Crippen molar-refractivity contribution in [3.8, 4) is 17.9 Å². The number of pyridine rings is 1. The lowest BCUT2D eigenvalue weighted by Crippen LogP contribution is -2.16. The first-order valence-electron chi connectivity index (χ1n) is 13.2. The van der Waals surface area contributed by atoms with Crippen molar-refractivity contribution in [2.75, 3.05) is 25.1 Å². The van der Waals surface area contributed by atoms with E-state index in [1.165, 1.54) is 35.7 Å². The number of aryl methyl sites for hydroxylation is 1. The van der Waals surface area contributed by atoms with Gasteiger partial charge in [-0.25, -0.2) is 0 Å². The predicted octanol–water partition coefficient (Wildman–Crippen LogP) is 6.32. The Bertz CT molecular complexity index is 1260. The zero-order chi connectivity index (χ0) is 25.5. The van der Waals surface area contributed by atoms with E-state index in [0.29, 0.717) is 12.5 Å². The molecule has 0 spiro atoms. The van der Waals surface area contributed by atoms with Gasteiger partial charge in [0.1, 0.15) is 0 Å². The van der Waals surface area contributed by atoms with Gasteiger partial charge in [-0.1, -0.05) is 25.8 Å². The molecule has 1 aliphatic rings. The second-order valence-electron chi connectivity index (χ2n) is 10.8. The van der Waals surface area contributed by atoms with Crippen molar-refractivity contribution >= 4 is 16.6 Å². The first kappa shape index (κ1) is 25.8. The molecular weight excluding hydrogens is 444 g/mol. The molecule has 0 bridgehead atoms. The van der Waals surface area contributed by atoms with Gasteiger partial charge in [-0.2, -0.15) is 5.26 Å². The summed E-state index contributed by atoms with van der Waals surface area (Å²) in [5.74, 6) is 8.02. The standard InChI is InChI=1S/C31H38N4O/c1-23(2)21-35-28(6-5-15-33-27-10-12-30(34-20-27)31(3,4)22-32)19-26-18-25(9-11-29(26)35)8-7-24-13-16-36-17-14-24/h9-12,18-20,23-24,33H,7-8,13-17,21H2,1-4H3. The van der Waals surface area contributed by atoms with Crippen molar-refractivity contribution in [2.24, 2.45) is 11.8 Å². The van der Waals surface area contributed by atoms with Crippen molar-refractivity contribution in [3.05, 3.63) is 59.5 Å². The topological polar surface area (TPSA) is 62.9 Å². The first-order valence-corrected chi connectivity index (χ1v) is 13.2. The zero-order valence-corrected chi connectivity index (χ0v) is 22.1. The molecule has 0 unspecified atom stereocenters. The Kier molecular flexibility index (Phi) is 8.34. The van der Waals surface area contributed by atoms with Gasteiger partial charge in [0.15, 0.2) is 0 Å². The number of hydrogen-bond acceptors (Lipinski definition) is 4. The molecule has 0 radical (unpaired) electrons. The summed E-state index contributed by atoms with van der Waals surface area (Å²) in [7, 11) is 0. The molecule has 5 heteroatoms. The number of aromatic nitrogens is 2. The minimum absolute atomic E-state index is 0.530. The smallest absolute Gasteiger partial charge is 0.0937 e. The van der Waals surface area contributed by atoms with Crippen LogP contribution >= 0.6 is 0 Å². The fourth-order valence-electron chi connectivity index (χ4n) is 4.75. The largest absolute Gasteiger partial charge is 0.381 e. The molecule has 0 atom stereocenters. The Balaban J connectivity index is 1.45. The van der Waals surface area contributed by atoms with Crippen LogP contribution in [0, 0.1) is 35.0 Å². The van der Waals surface area contributed by atoms with Gasteiger partial charge in [0.25, 0.3) is 0 Å². The maximum absolute atomic E-state index is 9.29. The van der Waals surface area contributed by atoms with Gasteiger partial charge in [-0.05, 0) is 93.2 Å². The van der Waals surface area contributed by atoms with Gasteiger partial charge in [-0.3, -0.25) is 4.98 Å². The lowest BCUT2D eigenvalue weighted by atomic mass is 9.91.